The second-order valence-electron chi connectivity index (χ2n) is 35.2. The Morgan fingerprint density at radius 1 is 0.423 bits per heavy atom. The van der Waals surface area contributed by atoms with Crippen LogP contribution in [0.25, 0.3) is 0 Å². The normalized spacial score (nSPS) is 39.0. The molecule has 0 aliphatic heterocycles. The Morgan fingerprint density at radius 3 is 1.18 bits per heavy atom. The van der Waals surface area contributed by atoms with Crippen molar-refractivity contribution in [2.24, 2.45) is 105 Å². The van der Waals surface area contributed by atoms with Crippen molar-refractivity contribution >= 4 is 44.5 Å². The Kier molecular flexibility index (Phi) is 25.4. The lowest BCUT2D eigenvalue weighted by molar-refractivity contribution is -0.269. The van der Waals surface area contributed by atoms with Gasteiger partial charge in [0, 0.05) is 0 Å². The number of esters is 2. The van der Waals surface area contributed by atoms with Crippen LogP contribution in [0.15, 0.2) is 91.0 Å². The zero-order valence-corrected chi connectivity index (χ0v) is 64.7. The van der Waals surface area contributed by atoms with Gasteiger partial charge in [0.05, 0.1) is 38.1 Å². The molecule has 0 aromatic heterocycles. The maximum absolute atomic E-state index is 15.0. The molecule has 0 N–H and O–H groups in total. The number of rotatable bonds is 29. The van der Waals surface area contributed by atoms with E-state index in [9.17, 15) is 4.79 Å². The summed E-state index contributed by atoms with van der Waals surface area (Å²) in [6.45, 7) is 25.6. The predicted octanol–water partition coefficient (Wildman–Crippen LogP) is 19.9. The van der Waals surface area contributed by atoms with Gasteiger partial charge in [0.1, 0.15) is 31.5 Å². The van der Waals surface area contributed by atoms with Gasteiger partial charge in [-0.25, -0.2) is 9.59 Å². The molecular weight excluding hydrogens is 1330 g/mol. The standard InChI is InChI=1S/C85H125O10.Al.HI/c1-55(2)22-20-24-57(5)68-36-38-70-66-34-32-62-48-64(40-44-82(62,7)72(66)42-46-84(68,70)9)89-53-74(86)94-78-76(88)77(91-50-59-26-14-11-15-27-59)79(92-51-60-28-16-12-17-29-60)80(93-52-61-30-18-13-19-31-61)81(78)95-75(87)54-90-65-41-45-83(8)63(49-65)33-35-67-71-39-37-69(58(6)25-21-23-56(3)4)85(71,10)47-43-73(67)83;;/h11-19,26-31,55-58,62-73,76-81H,20-25,32-54H2,1-10H3;;1H/q-1;+2;/p-1/t57?,58?,62?,63?,64-,65-,66?,67?,68+,69+,70?,71?,72?,73?,76+,77+,78-,79-,80?,81-,82-,83-,84+,85+;;/m0../s1. The zero-order valence-electron chi connectivity index (χ0n) is 61.4. The second kappa shape index (κ2) is 33.2. The third-order valence-electron chi connectivity index (χ3n) is 29.1. The highest BCUT2D eigenvalue weighted by molar-refractivity contribution is 14.1. The van der Waals surface area contributed by atoms with E-state index < -0.39 is 60.8 Å². The average Bonchev–Trinajstić information content (AvgIpc) is 1.70. The van der Waals surface area contributed by atoms with Crippen LogP contribution in [-0.4, -0.2) is 86.3 Å². The molecule has 0 bridgehead atoms. The van der Waals surface area contributed by atoms with E-state index in [4.69, 9.17) is 36.9 Å². The van der Waals surface area contributed by atoms with E-state index >= 15 is 4.79 Å². The fourth-order valence-corrected chi connectivity index (χ4v) is 25.5. The summed E-state index contributed by atoms with van der Waals surface area (Å²) in [6.07, 6.45) is 24.5. The van der Waals surface area contributed by atoms with Gasteiger partial charge in [0.25, 0.3) is 0 Å². The largest absolute Gasteiger partial charge is 0.525 e. The van der Waals surface area contributed by atoms with Gasteiger partial charge in [-0.3, -0.25) is 0 Å². The van der Waals surface area contributed by atoms with Crippen LogP contribution in [0.3, 0.4) is 0 Å². The minimum atomic E-state index is -1.15. The summed E-state index contributed by atoms with van der Waals surface area (Å²) < 4.78 is 55.3. The van der Waals surface area contributed by atoms with E-state index in [1.165, 1.54) is 116 Å². The molecule has 1 radical (unpaired) electrons. The highest BCUT2D eigenvalue weighted by Gasteiger charge is 2.63. The van der Waals surface area contributed by atoms with Gasteiger partial charge in [-0.1, -0.05) is 199 Å². The van der Waals surface area contributed by atoms with Crippen LogP contribution in [0.5, 0.6) is 0 Å². The molecule has 24 atom stereocenters. The number of hydrogen-bond acceptors (Lipinski definition) is 10. The average molecular weight is 1460 g/mol. The first kappa shape index (κ1) is 74.3. The van der Waals surface area contributed by atoms with Crippen LogP contribution in [0.1, 0.15) is 240 Å². The van der Waals surface area contributed by atoms with Crippen molar-refractivity contribution in [3.63, 3.8) is 0 Å². The van der Waals surface area contributed by atoms with Crippen molar-refractivity contribution in [3.8, 4) is 0 Å². The molecule has 0 spiro atoms. The smallest absolute Gasteiger partial charge is 0.492 e. The summed E-state index contributed by atoms with van der Waals surface area (Å²) >= 11 is 1.64. The van der Waals surface area contributed by atoms with Crippen molar-refractivity contribution in [2.45, 2.75) is 292 Å². The number of fused-ring (bicyclic) bond motifs is 10. The monoisotopic (exact) mass is 1460 g/mol. The minimum Gasteiger partial charge on any atom is -0.492 e. The molecule has 9 saturated carbocycles. The lowest BCUT2D eigenvalue weighted by Gasteiger charge is -2.61. The third kappa shape index (κ3) is 16.6. The Morgan fingerprint density at radius 2 is 0.784 bits per heavy atom. The van der Waals surface area contributed by atoms with E-state index in [1.807, 2.05) is 91.0 Å². The molecule has 9 fully saturated rings. The molecule has 0 saturated heterocycles. The maximum Gasteiger partial charge on any atom is 0.525 e. The number of carbonyl (C=O) groups is 2. The first-order chi connectivity index (χ1) is 46.8. The molecule has 9 aliphatic rings. The van der Waals surface area contributed by atoms with Crippen LogP contribution in [0, 0.1) is 105 Å². The molecule has 3 aromatic rings. The first-order valence-electron chi connectivity index (χ1n) is 39.5. The number of carbonyl (C=O) groups excluding carboxylic acids is 2. The van der Waals surface area contributed by atoms with Gasteiger partial charge in [0.2, 0.25) is 0 Å². The molecule has 11 unspecified atom stereocenters. The Labute approximate surface area is 604 Å². The highest BCUT2D eigenvalue weighted by Crippen LogP contribution is 2.70. The number of ether oxygens (including phenoxy) is 7. The molecule has 10 nitrogen and oxygen atoms in total. The summed E-state index contributed by atoms with van der Waals surface area (Å²) in [4.78, 5) is 30.0. The van der Waals surface area contributed by atoms with Gasteiger partial charge in [-0.15, -0.1) is 0 Å². The number of hydrogen-bond donors (Lipinski definition) is 0. The Hall–Kier alpha value is -2.38. The van der Waals surface area contributed by atoms with Gasteiger partial charge >= 0.3 is 24.2 Å². The van der Waals surface area contributed by atoms with Crippen molar-refractivity contribution in [1.29, 1.82) is 0 Å². The number of halogens is 1. The Bertz CT molecular complexity index is 2950. The van der Waals surface area contributed by atoms with E-state index in [1.54, 1.807) is 0 Å². The second-order valence-corrected chi connectivity index (χ2v) is 37.1. The highest BCUT2D eigenvalue weighted by atomic mass is 127. The molecule has 0 amide bonds. The van der Waals surface area contributed by atoms with Gasteiger partial charge < -0.3 is 36.9 Å². The molecule has 3 aromatic carbocycles. The van der Waals surface area contributed by atoms with Crippen LogP contribution in [0.4, 0.5) is 0 Å². The SMILES string of the molecule is CC(C)CCCC(C)[C@H]1CCC2C3CCC4C[C@@H](OCC(=O)O[C@H]5[C@H]([O][Al][I])[C@@H](OCc6ccccc6)[C@H](OCc6ccccc6)C(OCc6ccccc6)[C@H]5OC(=O)CO[C@H]5CC[C@@]6(C)C(CCC7C6CC[C@@]6(C)C7CC[C@@H]6C(C)CCCC(C)C)C5)CC[C@]4(C)C3CC[C@@]21C. The van der Waals surface area contributed by atoms with E-state index in [0.29, 0.717) is 22.7 Å². The topological polar surface area (TPSA) is 108 Å². The number of benzene rings is 3. The van der Waals surface area contributed by atoms with Crippen molar-refractivity contribution < 1.29 is 46.5 Å². The van der Waals surface area contributed by atoms with E-state index in [2.05, 4.69) is 89.5 Å². The minimum absolute atomic E-state index is 0.0505. The molecule has 9 aliphatic carbocycles. The van der Waals surface area contributed by atoms with Gasteiger partial charge in [0.15, 0.2) is 12.2 Å². The molecule has 97 heavy (non-hydrogen) atoms. The van der Waals surface area contributed by atoms with Crippen molar-refractivity contribution in [1.82, 2.24) is 0 Å². The quantitative estimate of drug-likeness (QED) is 0.0379. The molecule has 535 valence electrons. The fourth-order valence-electron chi connectivity index (χ4n) is 24.0. The van der Waals surface area contributed by atoms with Crippen molar-refractivity contribution in [3.05, 3.63) is 108 Å². The fraction of sp³-hybridized carbons (Fsp3) is 0.765. The van der Waals surface area contributed by atoms with Gasteiger partial charge in [-0.05, 0) is 237 Å². The molecule has 12 rings (SSSR count). The first-order valence-corrected chi connectivity index (χ1v) is 44.1. The lowest BCUT2D eigenvalue weighted by atomic mass is 9.44. The van der Waals surface area contributed by atoms with Crippen LogP contribution in [-0.2, 0) is 66.4 Å². The van der Waals surface area contributed by atoms with E-state index in [-0.39, 0.29) is 56.1 Å². The summed E-state index contributed by atoms with van der Waals surface area (Å²) in [6, 6.07) is 30.2. The molecule has 0 heterocycles. The van der Waals surface area contributed by atoms with Gasteiger partial charge in [-0.2, -0.15) is 20.3 Å². The zero-order chi connectivity index (χ0) is 68.1. The van der Waals surface area contributed by atoms with Crippen LogP contribution >= 0.6 is 20.3 Å². The third-order valence-corrected chi connectivity index (χ3v) is 30.4. The molecular formula is C85H125AlIO10. The molecule has 12 heteroatoms. The van der Waals surface area contributed by atoms with Crippen LogP contribution < -0.4 is 0 Å². The maximum atomic E-state index is 15.0. The summed E-state index contributed by atoms with van der Waals surface area (Å²) in [5.41, 5.74) is 4.37. The predicted molar refractivity (Wildman–Crippen MR) is 395 cm³/mol. The van der Waals surface area contributed by atoms with E-state index in [0.717, 1.165) is 126 Å². The van der Waals surface area contributed by atoms with Crippen molar-refractivity contribution in [2.75, 3.05) is 13.2 Å². The lowest BCUT2D eigenvalue weighted by Crippen LogP contribution is -2.68. The van der Waals surface area contributed by atoms with Crippen LogP contribution in [0.2, 0.25) is 0 Å². The Balaban J connectivity index is 0.748. The summed E-state index contributed by atoms with van der Waals surface area (Å²) in [5.74, 6) is 9.76. The summed E-state index contributed by atoms with van der Waals surface area (Å²) in [7, 11) is 0. The summed E-state index contributed by atoms with van der Waals surface area (Å²) in [5, 5.41) is 0.